The van der Waals surface area contributed by atoms with Crippen molar-refractivity contribution in [2.75, 3.05) is 36.6 Å². The zero-order valence-corrected chi connectivity index (χ0v) is 18.7. The Hall–Kier alpha value is -4.24. The minimum absolute atomic E-state index is 0.625. The van der Waals surface area contributed by atoms with Gasteiger partial charge in [0.2, 0.25) is 0 Å². The lowest BCUT2D eigenvalue weighted by atomic mass is 10.1. The first kappa shape index (κ1) is 20.4. The average molecular weight is 454 g/mol. The second-order valence-corrected chi connectivity index (χ2v) is 8.09. The van der Waals surface area contributed by atoms with Gasteiger partial charge in [0, 0.05) is 54.1 Å². The van der Waals surface area contributed by atoms with Gasteiger partial charge in [-0.1, -0.05) is 18.2 Å². The van der Waals surface area contributed by atoms with E-state index in [2.05, 4.69) is 20.4 Å². The summed E-state index contributed by atoms with van der Waals surface area (Å²) < 4.78 is 13.3. The molecule has 0 bridgehead atoms. The molecule has 1 aliphatic heterocycles. The van der Waals surface area contributed by atoms with Crippen LogP contribution >= 0.6 is 0 Å². The molecule has 0 amide bonds. The van der Waals surface area contributed by atoms with Crippen LogP contribution in [0.4, 0.5) is 11.6 Å². The third-order valence-electron chi connectivity index (χ3n) is 5.96. The van der Waals surface area contributed by atoms with E-state index in [9.17, 15) is 0 Å². The van der Waals surface area contributed by atoms with Crippen molar-refractivity contribution < 1.29 is 9.15 Å². The van der Waals surface area contributed by atoms with Crippen LogP contribution in [0.15, 0.2) is 70.4 Å². The van der Waals surface area contributed by atoms with E-state index >= 15 is 0 Å². The van der Waals surface area contributed by atoms with Crippen LogP contribution < -0.4 is 10.3 Å². The number of hydrogen-bond acceptors (Lipinski definition) is 8. The standard InChI is InChI=1S/C25H23N7O2/c1-17-19-4-2-3-5-21(19)34-22(17)16-27-29-23-15-25(31-10-12-33-13-11-31)32-24(28-23)14-20(30-32)18-6-8-26-9-7-18/h2-9,14-16H,10-13H2,1H3,(H,28,29). The van der Waals surface area contributed by atoms with Crippen molar-refractivity contribution in [2.45, 2.75) is 6.92 Å². The van der Waals surface area contributed by atoms with Crippen LogP contribution in [0.2, 0.25) is 0 Å². The molecule has 0 aliphatic carbocycles. The third kappa shape index (κ3) is 3.75. The lowest BCUT2D eigenvalue weighted by Crippen LogP contribution is -2.37. The van der Waals surface area contributed by atoms with Crippen molar-refractivity contribution in [3.63, 3.8) is 0 Å². The fraction of sp³-hybridized carbons (Fsp3) is 0.200. The van der Waals surface area contributed by atoms with Crippen molar-refractivity contribution in [1.82, 2.24) is 19.6 Å². The van der Waals surface area contributed by atoms with Gasteiger partial charge in [-0.3, -0.25) is 10.4 Å². The lowest BCUT2D eigenvalue weighted by molar-refractivity contribution is 0.122. The van der Waals surface area contributed by atoms with Gasteiger partial charge >= 0.3 is 0 Å². The number of nitrogens with zero attached hydrogens (tertiary/aromatic N) is 6. The molecule has 9 heteroatoms. The molecule has 0 atom stereocenters. The molecule has 1 saturated heterocycles. The number of nitrogens with one attached hydrogen (secondary N) is 1. The Morgan fingerprint density at radius 3 is 2.71 bits per heavy atom. The number of aryl methyl sites for hydroxylation is 1. The van der Waals surface area contributed by atoms with E-state index in [1.54, 1.807) is 18.6 Å². The number of anilines is 2. The quantitative estimate of drug-likeness (QED) is 0.316. The number of furan rings is 1. The Balaban J connectivity index is 1.35. The molecule has 5 aromatic rings. The van der Waals surface area contributed by atoms with Crippen LogP contribution in [0.1, 0.15) is 11.3 Å². The largest absolute Gasteiger partial charge is 0.455 e. The molecule has 170 valence electrons. The van der Waals surface area contributed by atoms with Crippen LogP contribution in [0, 0.1) is 6.92 Å². The maximum absolute atomic E-state index is 5.93. The summed E-state index contributed by atoms with van der Waals surface area (Å²) in [6.45, 7) is 4.94. The Labute approximate surface area is 195 Å². The Kier molecular flexibility index (Phi) is 5.15. The zero-order chi connectivity index (χ0) is 22.9. The molecule has 1 fully saturated rings. The normalized spacial score (nSPS) is 14.4. The van der Waals surface area contributed by atoms with Crippen LogP contribution in [-0.4, -0.2) is 52.1 Å². The van der Waals surface area contributed by atoms with E-state index in [0.717, 1.165) is 52.3 Å². The van der Waals surface area contributed by atoms with Crippen molar-refractivity contribution >= 4 is 34.5 Å². The highest BCUT2D eigenvalue weighted by Crippen LogP contribution is 2.26. The highest BCUT2D eigenvalue weighted by atomic mass is 16.5. The van der Waals surface area contributed by atoms with Crippen LogP contribution in [-0.2, 0) is 4.74 Å². The molecular weight excluding hydrogens is 430 g/mol. The number of hydrazone groups is 1. The molecule has 4 aromatic heterocycles. The number of morpholine rings is 1. The molecule has 0 saturated carbocycles. The Morgan fingerprint density at radius 2 is 1.88 bits per heavy atom. The predicted molar refractivity (Wildman–Crippen MR) is 131 cm³/mol. The second-order valence-electron chi connectivity index (χ2n) is 8.09. The van der Waals surface area contributed by atoms with Crippen molar-refractivity contribution in [3.05, 3.63) is 72.2 Å². The first-order chi connectivity index (χ1) is 16.8. The van der Waals surface area contributed by atoms with E-state index < -0.39 is 0 Å². The maximum Gasteiger partial charge on any atom is 0.160 e. The van der Waals surface area contributed by atoms with Gasteiger partial charge in [0.1, 0.15) is 11.4 Å². The molecule has 5 heterocycles. The predicted octanol–water partition coefficient (Wildman–Crippen LogP) is 4.13. The van der Waals surface area contributed by atoms with E-state index in [0.29, 0.717) is 24.8 Å². The molecule has 0 spiro atoms. The minimum Gasteiger partial charge on any atom is -0.455 e. The number of pyridine rings is 1. The summed E-state index contributed by atoms with van der Waals surface area (Å²) >= 11 is 0. The molecule has 9 nitrogen and oxygen atoms in total. The van der Waals surface area contributed by atoms with Gasteiger partial charge in [-0.25, -0.2) is 4.98 Å². The van der Waals surface area contributed by atoms with Gasteiger partial charge in [0.05, 0.1) is 25.1 Å². The summed E-state index contributed by atoms with van der Waals surface area (Å²) in [6, 6.07) is 15.8. The fourth-order valence-electron chi connectivity index (χ4n) is 4.17. The van der Waals surface area contributed by atoms with Gasteiger partial charge in [-0.15, -0.1) is 0 Å². The van der Waals surface area contributed by atoms with Gasteiger partial charge in [-0.05, 0) is 25.1 Å². The molecule has 34 heavy (non-hydrogen) atoms. The van der Waals surface area contributed by atoms with Gasteiger partial charge in [0.15, 0.2) is 17.2 Å². The molecule has 0 unspecified atom stereocenters. The number of para-hydroxylation sites is 1. The summed E-state index contributed by atoms with van der Waals surface area (Å²) in [6.07, 6.45) is 5.21. The number of aromatic nitrogens is 4. The monoisotopic (exact) mass is 453 g/mol. The number of benzene rings is 1. The number of hydrogen-bond donors (Lipinski definition) is 1. The number of ether oxygens (including phenoxy) is 1. The summed E-state index contributed by atoms with van der Waals surface area (Å²) in [5.41, 5.74) is 7.53. The van der Waals surface area contributed by atoms with Crippen LogP contribution in [0.25, 0.3) is 27.9 Å². The first-order valence-electron chi connectivity index (χ1n) is 11.2. The van der Waals surface area contributed by atoms with E-state index in [1.807, 2.05) is 60.0 Å². The summed E-state index contributed by atoms with van der Waals surface area (Å²) in [5.74, 6) is 2.28. The van der Waals surface area contributed by atoms with Crippen LogP contribution in [0.3, 0.4) is 0 Å². The van der Waals surface area contributed by atoms with Gasteiger partial charge in [-0.2, -0.15) is 14.7 Å². The molecule has 1 aliphatic rings. The topological polar surface area (TPSA) is 93.1 Å². The third-order valence-corrected chi connectivity index (χ3v) is 5.96. The number of fused-ring (bicyclic) bond motifs is 2. The van der Waals surface area contributed by atoms with E-state index in [4.69, 9.17) is 19.2 Å². The highest BCUT2D eigenvalue weighted by molar-refractivity contribution is 5.91. The molecule has 1 aromatic carbocycles. The molecule has 6 rings (SSSR count). The summed E-state index contributed by atoms with van der Waals surface area (Å²) in [7, 11) is 0. The zero-order valence-electron chi connectivity index (χ0n) is 18.7. The second kappa shape index (κ2) is 8.60. The molecule has 0 radical (unpaired) electrons. The van der Waals surface area contributed by atoms with E-state index in [-0.39, 0.29) is 0 Å². The first-order valence-corrected chi connectivity index (χ1v) is 11.2. The number of rotatable bonds is 5. The maximum atomic E-state index is 5.93. The van der Waals surface area contributed by atoms with E-state index in [1.165, 1.54) is 0 Å². The van der Waals surface area contributed by atoms with Crippen LogP contribution in [0.5, 0.6) is 0 Å². The van der Waals surface area contributed by atoms with Crippen molar-refractivity contribution in [2.24, 2.45) is 5.10 Å². The molecule has 1 N–H and O–H groups in total. The molecular formula is C25H23N7O2. The van der Waals surface area contributed by atoms with Gasteiger partial charge < -0.3 is 14.1 Å². The minimum atomic E-state index is 0.625. The lowest BCUT2D eigenvalue weighted by Gasteiger charge is -2.29. The highest BCUT2D eigenvalue weighted by Gasteiger charge is 2.18. The fourth-order valence-corrected chi connectivity index (χ4v) is 4.17. The van der Waals surface area contributed by atoms with Gasteiger partial charge in [0.25, 0.3) is 0 Å². The smallest absolute Gasteiger partial charge is 0.160 e. The summed E-state index contributed by atoms with van der Waals surface area (Å²) in [5, 5.41) is 10.3. The average Bonchev–Trinajstić information content (AvgIpc) is 3.46. The van der Waals surface area contributed by atoms with Crippen molar-refractivity contribution in [3.8, 4) is 11.3 Å². The summed E-state index contributed by atoms with van der Waals surface area (Å²) in [4.78, 5) is 11.1. The Bertz CT molecular complexity index is 1480. The SMILES string of the molecule is Cc1c(C=NNc2cc(N3CCOCC3)n3nc(-c4ccncc4)cc3n2)oc2ccccc12. The van der Waals surface area contributed by atoms with Crippen molar-refractivity contribution in [1.29, 1.82) is 0 Å². The Morgan fingerprint density at radius 1 is 1.06 bits per heavy atom.